The first-order valence-corrected chi connectivity index (χ1v) is 3.92. The van der Waals surface area contributed by atoms with E-state index in [1.807, 2.05) is 9.59 Å². The SMILES string of the molecule is CC(C)n1n(C=O)n1C(C)C. The van der Waals surface area contributed by atoms with Gasteiger partial charge in [0.25, 0.3) is 6.41 Å². The molecule has 0 atom stereocenters. The van der Waals surface area contributed by atoms with Crippen molar-refractivity contribution < 1.29 is 4.79 Å². The van der Waals surface area contributed by atoms with Gasteiger partial charge < -0.3 is 0 Å². The Bertz CT molecular complexity index is 219. The highest BCUT2D eigenvalue weighted by molar-refractivity contribution is 5.49. The van der Waals surface area contributed by atoms with Crippen molar-refractivity contribution in [3.63, 3.8) is 0 Å². The highest BCUT2D eigenvalue weighted by atomic mass is 16.2. The van der Waals surface area contributed by atoms with Gasteiger partial charge in [-0.2, -0.15) is 9.59 Å². The van der Waals surface area contributed by atoms with Gasteiger partial charge in [-0.25, -0.2) is 0 Å². The molecule has 0 bridgehead atoms. The fraction of sp³-hybridized carbons (Fsp3) is 0.857. The summed E-state index contributed by atoms with van der Waals surface area (Å²) in [6, 6.07) is 0.727. The van der Waals surface area contributed by atoms with Gasteiger partial charge in [0.2, 0.25) is 0 Å². The average molecular weight is 157 g/mol. The first-order valence-electron chi connectivity index (χ1n) is 3.92. The molecule has 0 saturated heterocycles. The molecule has 0 saturated carbocycles. The van der Waals surface area contributed by atoms with Crippen molar-refractivity contribution in [1.82, 2.24) is 14.4 Å². The van der Waals surface area contributed by atoms with Gasteiger partial charge in [-0.3, -0.25) is 4.79 Å². The van der Waals surface area contributed by atoms with Gasteiger partial charge in [0.1, 0.15) is 0 Å². The van der Waals surface area contributed by atoms with E-state index in [1.54, 1.807) is 4.80 Å². The predicted octanol–water partition coefficient (Wildman–Crippen LogP) is 1.29. The number of carbonyl (C=O) groups excluding carboxylic acids is 1. The molecule has 4 heteroatoms. The molecule has 4 nitrogen and oxygen atoms in total. The Balaban J connectivity index is 2.82. The van der Waals surface area contributed by atoms with E-state index in [4.69, 9.17) is 0 Å². The molecule has 0 N–H and O–H groups in total. The fourth-order valence-corrected chi connectivity index (χ4v) is 1.20. The van der Waals surface area contributed by atoms with E-state index in [2.05, 4.69) is 27.7 Å². The minimum atomic E-state index is 0.364. The number of hydrogen-bond donors (Lipinski definition) is 0. The lowest BCUT2D eigenvalue weighted by molar-refractivity contribution is 0.484. The molecular weight excluding hydrogens is 142 g/mol. The lowest BCUT2D eigenvalue weighted by Crippen LogP contribution is -1.99. The van der Waals surface area contributed by atoms with E-state index < -0.39 is 0 Å². The van der Waals surface area contributed by atoms with Crippen LogP contribution in [0.4, 0.5) is 0 Å². The zero-order valence-electron chi connectivity index (χ0n) is 7.48. The molecule has 1 aromatic rings. The van der Waals surface area contributed by atoms with Crippen LogP contribution in [0.3, 0.4) is 0 Å². The van der Waals surface area contributed by atoms with Gasteiger partial charge in [-0.05, 0) is 27.7 Å². The minimum Gasteiger partial charge on any atom is -0.275 e. The molecule has 1 rings (SSSR count). The monoisotopic (exact) mass is 157 g/mol. The maximum atomic E-state index is 10.4. The summed E-state index contributed by atoms with van der Waals surface area (Å²) in [4.78, 5) is 15.9. The standard InChI is InChI=1S/C7H15N3O/c1-6(2)9-8(5-11)10(9)7(3)4/h5-7H,1-4H3. The molecule has 0 fully saturated rings. The third kappa shape index (κ3) is 1.25. The van der Waals surface area contributed by atoms with Crippen LogP contribution in [-0.2, 0) is 4.79 Å². The van der Waals surface area contributed by atoms with Crippen LogP contribution in [0, 0.1) is 0 Å². The van der Waals surface area contributed by atoms with Gasteiger partial charge in [0.15, 0.2) is 0 Å². The first-order chi connectivity index (χ1) is 5.09. The van der Waals surface area contributed by atoms with Crippen molar-refractivity contribution in [1.29, 1.82) is 0 Å². The molecule has 0 aliphatic carbocycles. The third-order valence-electron chi connectivity index (χ3n) is 1.62. The van der Waals surface area contributed by atoms with Crippen molar-refractivity contribution in [2.45, 2.75) is 39.8 Å². The number of carbonyl (C=O) groups is 1. The van der Waals surface area contributed by atoms with E-state index in [9.17, 15) is 4.79 Å². The van der Waals surface area contributed by atoms with E-state index in [-0.39, 0.29) is 0 Å². The van der Waals surface area contributed by atoms with Crippen LogP contribution in [0.1, 0.15) is 39.8 Å². The molecule has 0 spiro atoms. The Morgan fingerprint density at radius 2 is 1.36 bits per heavy atom. The van der Waals surface area contributed by atoms with Crippen molar-refractivity contribution in [3.05, 3.63) is 0 Å². The Kier molecular flexibility index (Phi) is 1.93. The molecule has 1 heterocycles. The van der Waals surface area contributed by atoms with Crippen LogP contribution < -0.4 is 0 Å². The van der Waals surface area contributed by atoms with E-state index in [1.165, 1.54) is 0 Å². The largest absolute Gasteiger partial charge is 0.275 e. The number of hydrogen-bond acceptors (Lipinski definition) is 1. The molecule has 0 radical (unpaired) electrons. The van der Waals surface area contributed by atoms with Crippen LogP contribution >= 0.6 is 0 Å². The number of rotatable bonds is 3. The maximum absolute atomic E-state index is 10.4. The van der Waals surface area contributed by atoms with Crippen LogP contribution in [0.15, 0.2) is 0 Å². The number of nitrogens with zero attached hydrogens (tertiary/aromatic N) is 3. The summed E-state index contributed by atoms with van der Waals surface area (Å²) in [6.07, 6.45) is 0.833. The van der Waals surface area contributed by atoms with Crippen molar-refractivity contribution in [2.75, 3.05) is 0 Å². The smallest absolute Gasteiger partial charge is 0.251 e. The topological polar surface area (TPSA) is 31.9 Å². The second-order valence-electron chi connectivity index (χ2n) is 3.25. The normalized spacial score (nSPS) is 11.8. The van der Waals surface area contributed by atoms with E-state index >= 15 is 0 Å². The van der Waals surface area contributed by atoms with Gasteiger partial charge in [-0.1, -0.05) is 0 Å². The highest BCUT2D eigenvalue weighted by Crippen LogP contribution is 2.15. The molecule has 0 aromatic carbocycles. The molecular formula is C7H15N3O. The van der Waals surface area contributed by atoms with Crippen LogP contribution in [-0.4, -0.2) is 20.8 Å². The molecule has 0 aliphatic heterocycles. The predicted molar refractivity (Wildman–Crippen MR) is 43.3 cm³/mol. The first kappa shape index (κ1) is 8.17. The van der Waals surface area contributed by atoms with Crippen molar-refractivity contribution >= 4 is 6.41 Å². The second kappa shape index (κ2) is 2.60. The lowest BCUT2D eigenvalue weighted by Gasteiger charge is -1.98. The van der Waals surface area contributed by atoms with E-state index in [0.29, 0.717) is 12.1 Å². The summed E-state index contributed by atoms with van der Waals surface area (Å²) in [5, 5.41) is 0. The fourth-order valence-electron chi connectivity index (χ4n) is 1.20. The second-order valence-corrected chi connectivity index (χ2v) is 3.25. The molecule has 1 aromatic heterocycles. The van der Waals surface area contributed by atoms with Gasteiger partial charge in [0, 0.05) is 0 Å². The molecule has 0 aliphatic rings. The quantitative estimate of drug-likeness (QED) is 0.608. The van der Waals surface area contributed by atoms with Gasteiger partial charge in [-0.15, -0.1) is 4.80 Å². The van der Waals surface area contributed by atoms with E-state index in [0.717, 1.165) is 6.41 Å². The molecule has 64 valence electrons. The Hall–Kier alpha value is -0.930. The van der Waals surface area contributed by atoms with Crippen molar-refractivity contribution in [3.8, 4) is 0 Å². The highest BCUT2D eigenvalue weighted by Gasteiger charge is 2.20. The number of aromatic nitrogens is 3. The zero-order chi connectivity index (χ0) is 8.59. The van der Waals surface area contributed by atoms with Gasteiger partial charge in [0.05, 0.1) is 12.1 Å². The van der Waals surface area contributed by atoms with Crippen LogP contribution in [0.25, 0.3) is 0 Å². The summed E-state index contributed by atoms with van der Waals surface area (Å²) >= 11 is 0. The van der Waals surface area contributed by atoms with Crippen molar-refractivity contribution in [2.24, 2.45) is 0 Å². The minimum absolute atomic E-state index is 0.364. The summed E-state index contributed by atoms with van der Waals surface area (Å²) in [7, 11) is 0. The molecule has 0 unspecified atom stereocenters. The Morgan fingerprint density at radius 1 is 1.00 bits per heavy atom. The summed E-state index contributed by atoms with van der Waals surface area (Å²) in [5.41, 5.74) is 0. The van der Waals surface area contributed by atoms with Crippen LogP contribution in [0.5, 0.6) is 0 Å². The zero-order valence-corrected chi connectivity index (χ0v) is 7.48. The maximum Gasteiger partial charge on any atom is 0.251 e. The Labute approximate surface area is 66.3 Å². The Morgan fingerprint density at radius 3 is 1.45 bits per heavy atom. The summed E-state index contributed by atoms with van der Waals surface area (Å²) in [6.45, 7) is 8.22. The molecule has 11 heavy (non-hydrogen) atoms. The average Bonchev–Trinajstić information content (AvgIpc) is 2.59. The third-order valence-corrected chi connectivity index (χ3v) is 1.62. The summed E-state index contributed by atoms with van der Waals surface area (Å²) < 4.78 is 0. The van der Waals surface area contributed by atoms with Crippen LogP contribution in [0.2, 0.25) is 0 Å². The lowest BCUT2D eigenvalue weighted by atomic mass is 10.4. The summed E-state index contributed by atoms with van der Waals surface area (Å²) in [5.74, 6) is 0. The van der Waals surface area contributed by atoms with Gasteiger partial charge >= 0.3 is 0 Å². The molecule has 0 amide bonds.